The van der Waals surface area contributed by atoms with Gasteiger partial charge in [0.1, 0.15) is 5.75 Å². The highest BCUT2D eigenvalue weighted by molar-refractivity contribution is 7.91. The number of benzene rings is 2. The maximum atomic E-state index is 12.2. The van der Waals surface area contributed by atoms with Crippen LogP contribution >= 0.6 is 0 Å². The van der Waals surface area contributed by atoms with Crippen molar-refractivity contribution in [1.82, 2.24) is 0 Å². The van der Waals surface area contributed by atoms with Crippen molar-refractivity contribution in [3.63, 3.8) is 0 Å². The lowest BCUT2D eigenvalue weighted by atomic mass is 10.2. The highest BCUT2D eigenvalue weighted by Crippen LogP contribution is 2.14. The molecule has 2 rings (SSSR count). The van der Waals surface area contributed by atoms with Gasteiger partial charge in [0, 0.05) is 12.1 Å². The lowest BCUT2D eigenvalue weighted by molar-refractivity contribution is -0.117. The first-order valence-corrected chi connectivity index (χ1v) is 8.42. The van der Waals surface area contributed by atoms with E-state index in [9.17, 15) is 9.35 Å². The summed E-state index contributed by atoms with van der Waals surface area (Å²) in [6.07, 6.45) is 0.311. The number of anilines is 1. The minimum atomic E-state index is -1.25. The second kappa shape index (κ2) is 8.34. The molecule has 23 heavy (non-hydrogen) atoms. The van der Waals surface area contributed by atoms with Gasteiger partial charge in [-0.05, 0) is 47.6 Å². The molecule has 0 bridgehead atoms. The number of amides is 1. The fourth-order valence-corrected chi connectivity index (χ4v) is 3.06. The molecule has 5 nitrogen and oxygen atoms in total. The van der Waals surface area contributed by atoms with Gasteiger partial charge in [-0.3, -0.25) is 4.79 Å². The number of nitrogens with one attached hydrogen (secondary N) is 1. The van der Waals surface area contributed by atoms with Crippen molar-refractivity contribution in [2.75, 3.05) is 11.1 Å². The maximum absolute atomic E-state index is 12.2. The molecule has 0 aliphatic carbocycles. The van der Waals surface area contributed by atoms with E-state index in [1.165, 1.54) is 0 Å². The second-order valence-corrected chi connectivity index (χ2v) is 6.51. The van der Waals surface area contributed by atoms with E-state index in [2.05, 4.69) is 5.32 Å². The lowest BCUT2D eigenvalue weighted by Crippen LogP contribution is -2.37. The van der Waals surface area contributed by atoms with Gasteiger partial charge in [-0.2, -0.15) is 5.26 Å². The van der Waals surface area contributed by atoms with Gasteiger partial charge >= 0.3 is 0 Å². The molecule has 0 aromatic heterocycles. The van der Waals surface area contributed by atoms with E-state index in [1.54, 1.807) is 36.4 Å². The van der Waals surface area contributed by atoms with E-state index in [0.717, 1.165) is 0 Å². The molecule has 0 heterocycles. The third-order valence-electron chi connectivity index (χ3n) is 3.24. The Kier molecular flexibility index (Phi) is 6.18. The quantitative estimate of drug-likeness (QED) is 0.792. The molecule has 2 unspecified atom stereocenters. The SMILES string of the molecule is N#Cc1ccc([S+]([O-])CCC(N)C(=O)Nc2ccccc2)cc1. The first kappa shape index (κ1) is 17.0. The van der Waals surface area contributed by atoms with Gasteiger partial charge in [0.2, 0.25) is 5.91 Å². The lowest BCUT2D eigenvalue weighted by Gasteiger charge is -2.14. The summed E-state index contributed by atoms with van der Waals surface area (Å²) in [7, 11) is 0. The molecule has 1 amide bonds. The van der Waals surface area contributed by atoms with E-state index in [1.807, 2.05) is 24.3 Å². The highest BCUT2D eigenvalue weighted by Gasteiger charge is 2.18. The smallest absolute Gasteiger partial charge is 0.241 e. The van der Waals surface area contributed by atoms with Crippen LogP contribution in [-0.2, 0) is 16.0 Å². The van der Waals surface area contributed by atoms with Crippen LogP contribution in [0.15, 0.2) is 59.5 Å². The largest absolute Gasteiger partial charge is 0.611 e. The molecule has 0 saturated carbocycles. The Balaban J connectivity index is 1.84. The average molecular weight is 327 g/mol. The summed E-state index contributed by atoms with van der Waals surface area (Å²) in [5.41, 5.74) is 7.05. The van der Waals surface area contributed by atoms with Crippen LogP contribution < -0.4 is 11.1 Å². The summed E-state index contributed by atoms with van der Waals surface area (Å²) >= 11 is -1.25. The number of para-hydroxylation sites is 1. The summed E-state index contributed by atoms with van der Waals surface area (Å²) in [4.78, 5) is 12.6. The number of hydrogen-bond donors (Lipinski definition) is 2. The van der Waals surface area contributed by atoms with Crippen LogP contribution in [0.1, 0.15) is 12.0 Å². The van der Waals surface area contributed by atoms with Crippen molar-refractivity contribution >= 4 is 22.8 Å². The normalized spacial score (nSPS) is 12.9. The molecule has 0 saturated heterocycles. The number of nitrogens with zero attached hydrogens (tertiary/aromatic N) is 1. The minimum Gasteiger partial charge on any atom is -0.611 e. The topological polar surface area (TPSA) is 102 Å². The Hall–Kier alpha value is -2.33. The van der Waals surface area contributed by atoms with Gasteiger partial charge in [0.25, 0.3) is 0 Å². The molecule has 2 aromatic rings. The third-order valence-corrected chi connectivity index (χ3v) is 4.64. The standard InChI is InChI=1S/C17H17N3O2S/c18-12-13-6-8-15(9-7-13)23(22)11-10-16(19)17(21)20-14-4-2-1-3-5-14/h1-9,16H,10-11,19H2,(H,20,21). The highest BCUT2D eigenvalue weighted by atomic mass is 32.2. The molecule has 3 N–H and O–H groups in total. The Morgan fingerprint density at radius 2 is 1.87 bits per heavy atom. The van der Waals surface area contributed by atoms with E-state index in [0.29, 0.717) is 22.6 Å². The fourth-order valence-electron chi connectivity index (χ4n) is 1.92. The average Bonchev–Trinajstić information content (AvgIpc) is 2.60. The fraction of sp³-hybridized carbons (Fsp3) is 0.176. The van der Waals surface area contributed by atoms with Gasteiger partial charge < -0.3 is 15.6 Å². The maximum Gasteiger partial charge on any atom is 0.241 e. The molecule has 0 fully saturated rings. The van der Waals surface area contributed by atoms with Crippen molar-refractivity contribution in [3.05, 3.63) is 60.2 Å². The Morgan fingerprint density at radius 1 is 1.22 bits per heavy atom. The van der Waals surface area contributed by atoms with Crippen LogP contribution in [0, 0.1) is 11.3 Å². The number of hydrogen-bond acceptors (Lipinski definition) is 4. The summed E-state index contributed by atoms with van der Waals surface area (Å²) in [5.74, 6) is -0.0111. The molecule has 0 spiro atoms. The monoisotopic (exact) mass is 327 g/mol. The molecule has 118 valence electrons. The summed E-state index contributed by atoms with van der Waals surface area (Å²) in [5, 5.41) is 11.5. The van der Waals surface area contributed by atoms with Crippen LogP contribution in [0.3, 0.4) is 0 Å². The van der Waals surface area contributed by atoms with Crippen molar-refractivity contribution in [2.24, 2.45) is 5.73 Å². The molecule has 0 aliphatic heterocycles. The summed E-state index contributed by atoms with van der Waals surface area (Å²) < 4.78 is 12.2. The van der Waals surface area contributed by atoms with Crippen LogP contribution in [0.2, 0.25) is 0 Å². The van der Waals surface area contributed by atoms with Crippen molar-refractivity contribution in [3.8, 4) is 6.07 Å². The minimum absolute atomic E-state index is 0.287. The molecular formula is C17H17N3O2S. The third kappa shape index (κ3) is 5.11. The molecule has 6 heteroatoms. The Morgan fingerprint density at radius 3 is 2.48 bits per heavy atom. The molecule has 0 radical (unpaired) electrons. The number of nitriles is 1. The number of carbonyl (C=O) groups is 1. The van der Waals surface area contributed by atoms with Crippen LogP contribution in [0.5, 0.6) is 0 Å². The predicted molar refractivity (Wildman–Crippen MR) is 90.1 cm³/mol. The second-order valence-electron chi connectivity index (χ2n) is 4.94. The number of nitrogens with two attached hydrogens (primary N) is 1. The van der Waals surface area contributed by atoms with Crippen LogP contribution in [-0.4, -0.2) is 22.3 Å². The van der Waals surface area contributed by atoms with E-state index in [-0.39, 0.29) is 11.7 Å². The zero-order valence-electron chi connectivity index (χ0n) is 12.4. The zero-order chi connectivity index (χ0) is 16.7. The summed E-state index contributed by atoms with van der Waals surface area (Å²) in [6.45, 7) is 0. The van der Waals surface area contributed by atoms with Crippen molar-refractivity contribution < 1.29 is 9.35 Å². The molecule has 2 aromatic carbocycles. The zero-order valence-corrected chi connectivity index (χ0v) is 13.3. The summed E-state index contributed by atoms with van der Waals surface area (Å²) in [6, 6.07) is 16.9. The van der Waals surface area contributed by atoms with Gasteiger partial charge in [-0.15, -0.1) is 0 Å². The number of carbonyl (C=O) groups excluding carboxylic acids is 1. The van der Waals surface area contributed by atoms with Gasteiger partial charge in [0.05, 0.1) is 17.7 Å². The molecule has 2 atom stereocenters. The Bertz CT molecular complexity index is 683. The molecule has 0 aliphatic rings. The predicted octanol–water partition coefficient (Wildman–Crippen LogP) is 2.02. The van der Waals surface area contributed by atoms with Gasteiger partial charge in [-0.25, -0.2) is 0 Å². The van der Waals surface area contributed by atoms with E-state index >= 15 is 0 Å². The van der Waals surface area contributed by atoms with Crippen LogP contribution in [0.4, 0.5) is 5.69 Å². The van der Waals surface area contributed by atoms with Gasteiger partial charge in [-0.1, -0.05) is 18.2 Å². The first-order valence-electron chi connectivity index (χ1n) is 7.10. The van der Waals surface area contributed by atoms with E-state index < -0.39 is 17.2 Å². The van der Waals surface area contributed by atoms with Gasteiger partial charge in [0.15, 0.2) is 4.90 Å². The van der Waals surface area contributed by atoms with E-state index in [4.69, 9.17) is 11.0 Å². The number of rotatable bonds is 6. The first-order chi connectivity index (χ1) is 11.1. The van der Waals surface area contributed by atoms with Crippen molar-refractivity contribution in [2.45, 2.75) is 17.4 Å². The molecular weight excluding hydrogens is 310 g/mol. The van der Waals surface area contributed by atoms with Crippen LogP contribution in [0.25, 0.3) is 0 Å². The Labute approximate surface area is 138 Å². The van der Waals surface area contributed by atoms with Crippen molar-refractivity contribution in [1.29, 1.82) is 5.26 Å².